The molecule has 0 spiro atoms. The van der Waals surface area contributed by atoms with Crippen molar-refractivity contribution in [1.82, 2.24) is 20.5 Å². The number of hydrogen-bond acceptors (Lipinski definition) is 8. The summed E-state index contributed by atoms with van der Waals surface area (Å²) in [5, 5.41) is 18.5. The van der Waals surface area contributed by atoms with Gasteiger partial charge in [-0.1, -0.05) is 45.0 Å². The number of amides is 1. The Hall–Kier alpha value is -4.50. The standard InChI is InChI=1S/C32H37N7O2/c1-21-25(7-6-8-26(21)36-30(40)22-9-11-24(12-10-22)32(2,3)4)23-19-27(31(41-5)34-20-23)35-28-13-14-29(38-37-28)39-17-15-33-16-18-39/h6-14,19-20,33H,15-18H2,1-5H3,(H,35,37)(H,36,40). The molecule has 0 aliphatic carbocycles. The summed E-state index contributed by atoms with van der Waals surface area (Å²) < 4.78 is 5.52. The van der Waals surface area contributed by atoms with Gasteiger partial charge in [0.15, 0.2) is 11.6 Å². The van der Waals surface area contributed by atoms with Gasteiger partial charge in [-0.25, -0.2) is 4.98 Å². The van der Waals surface area contributed by atoms with E-state index < -0.39 is 0 Å². The molecule has 2 aromatic carbocycles. The molecule has 2 aromatic heterocycles. The van der Waals surface area contributed by atoms with Gasteiger partial charge in [-0.2, -0.15) is 0 Å². The lowest BCUT2D eigenvalue weighted by molar-refractivity contribution is 0.102. The lowest BCUT2D eigenvalue weighted by Crippen LogP contribution is -2.43. The summed E-state index contributed by atoms with van der Waals surface area (Å²) >= 11 is 0. The Kier molecular flexibility index (Phi) is 8.16. The van der Waals surface area contributed by atoms with Crippen LogP contribution in [0.25, 0.3) is 11.1 Å². The van der Waals surface area contributed by atoms with E-state index in [-0.39, 0.29) is 11.3 Å². The highest BCUT2D eigenvalue weighted by Gasteiger charge is 2.17. The van der Waals surface area contributed by atoms with Crippen LogP contribution in [0, 0.1) is 6.92 Å². The van der Waals surface area contributed by atoms with E-state index in [9.17, 15) is 4.79 Å². The largest absolute Gasteiger partial charge is 0.480 e. The first-order chi connectivity index (χ1) is 19.7. The van der Waals surface area contributed by atoms with Crippen LogP contribution in [0.3, 0.4) is 0 Å². The second kappa shape index (κ2) is 11.9. The maximum absolute atomic E-state index is 13.1. The molecule has 0 atom stereocenters. The molecule has 41 heavy (non-hydrogen) atoms. The number of piperazine rings is 1. The molecule has 1 fully saturated rings. The fraction of sp³-hybridized carbons (Fsp3) is 0.312. The van der Waals surface area contributed by atoms with Crippen molar-refractivity contribution in [2.75, 3.05) is 48.8 Å². The highest BCUT2D eigenvalue weighted by Crippen LogP contribution is 2.34. The summed E-state index contributed by atoms with van der Waals surface area (Å²) in [6, 6.07) is 19.5. The zero-order valence-corrected chi connectivity index (χ0v) is 24.3. The lowest BCUT2D eigenvalue weighted by Gasteiger charge is -2.27. The minimum atomic E-state index is -0.149. The smallest absolute Gasteiger partial charge is 0.255 e. The van der Waals surface area contributed by atoms with E-state index >= 15 is 0 Å². The third-order valence-corrected chi connectivity index (χ3v) is 7.30. The molecule has 9 nitrogen and oxygen atoms in total. The second-order valence-corrected chi connectivity index (χ2v) is 11.2. The van der Waals surface area contributed by atoms with Crippen LogP contribution >= 0.6 is 0 Å². The van der Waals surface area contributed by atoms with Crippen molar-refractivity contribution >= 4 is 28.9 Å². The first-order valence-electron chi connectivity index (χ1n) is 13.9. The summed E-state index contributed by atoms with van der Waals surface area (Å²) in [5.74, 6) is 1.75. The van der Waals surface area contributed by atoms with Crippen molar-refractivity contribution < 1.29 is 9.53 Å². The van der Waals surface area contributed by atoms with Crippen molar-refractivity contribution in [2.24, 2.45) is 0 Å². The highest BCUT2D eigenvalue weighted by molar-refractivity contribution is 6.05. The van der Waals surface area contributed by atoms with Crippen LogP contribution in [0.4, 0.5) is 23.0 Å². The molecule has 212 valence electrons. The Labute approximate surface area is 241 Å². The van der Waals surface area contributed by atoms with Gasteiger partial charge in [0.25, 0.3) is 5.91 Å². The Bertz CT molecular complexity index is 1510. The SMILES string of the molecule is COc1ncc(-c2cccc(NC(=O)c3ccc(C(C)(C)C)cc3)c2C)cc1Nc1ccc(N2CCNCC2)nn1. The van der Waals surface area contributed by atoms with Crippen LogP contribution in [0.2, 0.25) is 0 Å². The monoisotopic (exact) mass is 551 g/mol. The first-order valence-corrected chi connectivity index (χ1v) is 13.9. The number of carbonyl (C=O) groups is 1. The Morgan fingerprint density at radius 3 is 2.39 bits per heavy atom. The molecule has 0 bridgehead atoms. The van der Waals surface area contributed by atoms with Gasteiger partial charge in [0.1, 0.15) is 5.69 Å². The number of pyridine rings is 1. The van der Waals surface area contributed by atoms with Gasteiger partial charge in [0.2, 0.25) is 5.88 Å². The van der Waals surface area contributed by atoms with Gasteiger partial charge in [0, 0.05) is 49.2 Å². The van der Waals surface area contributed by atoms with E-state index in [4.69, 9.17) is 4.74 Å². The summed E-state index contributed by atoms with van der Waals surface area (Å²) in [5.41, 5.74) is 6.00. The minimum absolute atomic E-state index is 0.0288. The third kappa shape index (κ3) is 6.47. The van der Waals surface area contributed by atoms with E-state index in [0.29, 0.717) is 22.9 Å². The maximum atomic E-state index is 13.1. The van der Waals surface area contributed by atoms with Crippen LogP contribution in [0.5, 0.6) is 5.88 Å². The summed E-state index contributed by atoms with van der Waals surface area (Å²) in [6.45, 7) is 12.1. The van der Waals surface area contributed by atoms with Gasteiger partial charge in [-0.3, -0.25) is 4.79 Å². The first kappa shape index (κ1) is 28.0. The van der Waals surface area contributed by atoms with Crippen molar-refractivity contribution in [1.29, 1.82) is 0 Å². The number of benzene rings is 2. The Morgan fingerprint density at radius 2 is 1.73 bits per heavy atom. The summed E-state index contributed by atoms with van der Waals surface area (Å²) in [4.78, 5) is 19.8. The van der Waals surface area contributed by atoms with Crippen LogP contribution in [0.1, 0.15) is 42.3 Å². The van der Waals surface area contributed by atoms with E-state index in [2.05, 4.69) is 56.8 Å². The molecule has 9 heteroatoms. The van der Waals surface area contributed by atoms with Gasteiger partial charge in [0.05, 0.1) is 7.11 Å². The number of ether oxygens (including phenoxy) is 1. The predicted molar refractivity (Wildman–Crippen MR) is 164 cm³/mol. The zero-order chi connectivity index (χ0) is 29.0. The molecule has 0 radical (unpaired) electrons. The molecule has 0 saturated carbocycles. The molecule has 5 rings (SSSR count). The summed E-state index contributed by atoms with van der Waals surface area (Å²) in [6.07, 6.45) is 1.77. The zero-order valence-electron chi connectivity index (χ0n) is 24.3. The number of aromatic nitrogens is 3. The highest BCUT2D eigenvalue weighted by atomic mass is 16.5. The molecule has 1 aliphatic heterocycles. The summed E-state index contributed by atoms with van der Waals surface area (Å²) in [7, 11) is 1.59. The molecule has 1 amide bonds. The molecule has 0 unspecified atom stereocenters. The predicted octanol–water partition coefficient (Wildman–Crippen LogP) is 5.56. The van der Waals surface area contributed by atoms with E-state index in [0.717, 1.165) is 54.4 Å². The van der Waals surface area contributed by atoms with Gasteiger partial charge < -0.3 is 25.6 Å². The van der Waals surface area contributed by atoms with Gasteiger partial charge in [-0.15, -0.1) is 10.2 Å². The topological polar surface area (TPSA) is 104 Å². The minimum Gasteiger partial charge on any atom is -0.480 e. The van der Waals surface area contributed by atoms with Gasteiger partial charge in [-0.05, 0) is 65.4 Å². The van der Waals surface area contributed by atoms with Gasteiger partial charge >= 0.3 is 0 Å². The molecular formula is C32H37N7O2. The second-order valence-electron chi connectivity index (χ2n) is 11.2. The molecule has 3 N–H and O–H groups in total. The molecular weight excluding hydrogens is 514 g/mol. The number of methoxy groups -OCH3 is 1. The van der Waals surface area contributed by atoms with Crippen LogP contribution in [-0.4, -0.2) is 54.4 Å². The fourth-order valence-corrected chi connectivity index (χ4v) is 4.84. The average molecular weight is 552 g/mol. The molecule has 1 aliphatic rings. The van der Waals surface area contributed by atoms with Crippen LogP contribution in [0.15, 0.2) is 66.9 Å². The van der Waals surface area contributed by atoms with E-state index in [1.807, 2.05) is 67.6 Å². The third-order valence-electron chi connectivity index (χ3n) is 7.30. The number of nitrogens with zero attached hydrogens (tertiary/aromatic N) is 4. The molecule has 3 heterocycles. The van der Waals surface area contributed by atoms with Crippen molar-refractivity contribution in [2.45, 2.75) is 33.1 Å². The quantitative estimate of drug-likeness (QED) is 0.274. The molecule has 1 saturated heterocycles. The fourth-order valence-electron chi connectivity index (χ4n) is 4.84. The van der Waals surface area contributed by atoms with Crippen LogP contribution in [-0.2, 0) is 5.41 Å². The Balaban J connectivity index is 1.35. The average Bonchev–Trinajstić information content (AvgIpc) is 2.98. The lowest BCUT2D eigenvalue weighted by atomic mass is 9.86. The number of carbonyl (C=O) groups excluding carboxylic acids is 1. The van der Waals surface area contributed by atoms with Crippen molar-refractivity contribution in [3.63, 3.8) is 0 Å². The van der Waals surface area contributed by atoms with Crippen molar-refractivity contribution in [3.05, 3.63) is 83.6 Å². The van der Waals surface area contributed by atoms with E-state index in [1.54, 1.807) is 13.3 Å². The number of anilines is 4. The van der Waals surface area contributed by atoms with Crippen molar-refractivity contribution in [3.8, 4) is 17.0 Å². The van der Waals surface area contributed by atoms with E-state index in [1.165, 1.54) is 5.56 Å². The number of rotatable bonds is 7. The maximum Gasteiger partial charge on any atom is 0.255 e. The number of hydrogen-bond donors (Lipinski definition) is 3. The van der Waals surface area contributed by atoms with Crippen LogP contribution < -0.4 is 25.6 Å². The number of nitrogens with one attached hydrogen (secondary N) is 3. The molecule has 4 aromatic rings. The Morgan fingerprint density at radius 1 is 0.976 bits per heavy atom. The normalized spacial score (nSPS) is 13.5.